The molecule has 0 aliphatic rings. The smallest absolute Gasteiger partial charge is 0.350 e. The molecule has 3 aromatic rings. The first kappa shape index (κ1) is 20.8. The van der Waals surface area contributed by atoms with E-state index < -0.39 is 21.7 Å². The van der Waals surface area contributed by atoms with Gasteiger partial charge in [-0.2, -0.15) is 0 Å². The van der Waals surface area contributed by atoms with E-state index in [0.717, 1.165) is 16.7 Å². The van der Waals surface area contributed by atoms with Crippen molar-refractivity contribution in [1.82, 2.24) is 0 Å². The maximum Gasteiger partial charge on any atom is 0.350 e. The van der Waals surface area contributed by atoms with Crippen LogP contribution in [-0.4, -0.2) is 33.2 Å². The highest BCUT2D eigenvalue weighted by molar-refractivity contribution is 7.90. The molecule has 0 radical (unpaired) electrons. The van der Waals surface area contributed by atoms with Gasteiger partial charge in [-0.1, -0.05) is 30.3 Å². The number of sulfone groups is 1. The average Bonchev–Trinajstić information content (AvgIpc) is 3.12. The molecule has 29 heavy (non-hydrogen) atoms. The number of esters is 1. The van der Waals surface area contributed by atoms with Gasteiger partial charge in [0.2, 0.25) is 0 Å². The first-order chi connectivity index (χ1) is 13.8. The minimum atomic E-state index is -3.35. The molecule has 0 aliphatic carbocycles. The second-order valence-corrected chi connectivity index (χ2v) is 9.26. The number of rotatable bonds is 6. The van der Waals surface area contributed by atoms with Crippen LogP contribution in [0.25, 0.3) is 10.4 Å². The lowest BCUT2D eigenvalue weighted by Crippen LogP contribution is -2.14. The fraction of sp³-hybridized carbons (Fsp3) is 0.143. The molecule has 3 rings (SSSR count). The van der Waals surface area contributed by atoms with Gasteiger partial charge in [-0.3, -0.25) is 4.79 Å². The van der Waals surface area contributed by atoms with E-state index >= 15 is 0 Å². The Balaban J connectivity index is 1.91. The molecule has 0 saturated heterocycles. The summed E-state index contributed by atoms with van der Waals surface area (Å²) in [4.78, 5) is 26.2. The molecule has 0 unspecified atom stereocenters. The molecule has 0 bridgehead atoms. The zero-order chi connectivity index (χ0) is 21.0. The number of nitrogens with one attached hydrogen (secondary N) is 1. The molecule has 1 amide bonds. The van der Waals surface area contributed by atoms with Crippen LogP contribution in [0.15, 0.2) is 65.6 Å². The van der Waals surface area contributed by atoms with Gasteiger partial charge in [0.15, 0.2) is 9.84 Å². The van der Waals surface area contributed by atoms with Crippen molar-refractivity contribution in [2.45, 2.75) is 11.8 Å². The van der Waals surface area contributed by atoms with Crippen LogP contribution in [0.1, 0.15) is 27.0 Å². The van der Waals surface area contributed by atoms with Gasteiger partial charge in [0, 0.05) is 16.7 Å². The van der Waals surface area contributed by atoms with Gasteiger partial charge in [-0.25, -0.2) is 13.2 Å². The molecule has 0 saturated carbocycles. The van der Waals surface area contributed by atoms with E-state index in [2.05, 4.69) is 5.32 Å². The molecular weight excluding hydrogens is 410 g/mol. The standard InChI is InChI=1S/C21H19NO5S2/c1-3-27-21(24)19-17(13-18(28-19)14-7-5-4-6-8-14)22-20(23)15-9-11-16(12-10-15)29(2,25)26/h4-13H,3H2,1-2H3,(H,22,23). The van der Waals surface area contributed by atoms with E-state index in [1.807, 2.05) is 30.3 Å². The molecule has 0 atom stereocenters. The minimum Gasteiger partial charge on any atom is -0.462 e. The monoisotopic (exact) mass is 429 g/mol. The highest BCUT2D eigenvalue weighted by Gasteiger charge is 2.20. The van der Waals surface area contributed by atoms with Crippen LogP contribution < -0.4 is 5.32 Å². The number of carbonyl (C=O) groups excluding carboxylic acids is 2. The number of amides is 1. The Morgan fingerprint density at radius 1 is 1.03 bits per heavy atom. The van der Waals surface area contributed by atoms with Gasteiger partial charge in [-0.15, -0.1) is 11.3 Å². The number of carbonyl (C=O) groups is 2. The molecule has 1 N–H and O–H groups in total. The largest absolute Gasteiger partial charge is 0.462 e. The number of hydrogen-bond acceptors (Lipinski definition) is 6. The maximum atomic E-state index is 12.6. The van der Waals surface area contributed by atoms with Crippen LogP contribution in [0.5, 0.6) is 0 Å². The molecular formula is C21H19NO5S2. The lowest BCUT2D eigenvalue weighted by atomic mass is 10.2. The molecule has 0 aliphatic heterocycles. The summed E-state index contributed by atoms with van der Waals surface area (Å²) in [6, 6.07) is 16.8. The lowest BCUT2D eigenvalue weighted by molar-refractivity contribution is 0.0533. The van der Waals surface area contributed by atoms with Gasteiger partial charge >= 0.3 is 5.97 Å². The topological polar surface area (TPSA) is 89.5 Å². The first-order valence-corrected chi connectivity index (χ1v) is 11.5. The first-order valence-electron chi connectivity index (χ1n) is 8.77. The van der Waals surface area contributed by atoms with Crippen LogP contribution in [0.2, 0.25) is 0 Å². The summed E-state index contributed by atoms with van der Waals surface area (Å²) >= 11 is 1.24. The maximum absolute atomic E-state index is 12.6. The Kier molecular flexibility index (Phi) is 6.14. The summed E-state index contributed by atoms with van der Waals surface area (Å²) < 4.78 is 28.3. The minimum absolute atomic E-state index is 0.128. The summed E-state index contributed by atoms with van der Waals surface area (Å²) in [5.74, 6) is -0.963. The number of thiophene rings is 1. The third kappa shape index (κ3) is 4.90. The summed E-state index contributed by atoms with van der Waals surface area (Å²) in [6.07, 6.45) is 1.10. The molecule has 6 nitrogen and oxygen atoms in total. The molecule has 1 aromatic heterocycles. The summed E-state index contributed by atoms with van der Waals surface area (Å²) in [7, 11) is -3.35. The quantitative estimate of drug-likeness (QED) is 0.592. The molecule has 0 fully saturated rings. The van der Waals surface area contributed by atoms with E-state index in [9.17, 15) is 18.0 Å². The predicted octanol–water partition coefficient (Wildman–Crippen LogP) is 4.25. The van der Waals surface area contributed by atoms with Crippen molar-refractivity contribution < 1.29 is 22.7 Å². The number of hydrogen-bond donors (Lipinski definition) is 1. The zero-order valence-electron chi connectivity index (χ0n) is 15.8. The van der Waals surface area contributed by atoms with Crippen molar-refractivity contribution in [2.24, 2.45) is 0 Å². The van der Waals surface area contributed by atoms with Crippen molar-refractivity contribution in [3.8, 4) is 10.4 Å². The fourth-order valence-electron chi connectivity index (χ4n) is 2.62. The number of ether oxygens (including phenoxy) is 1. The van der Waals surface area contributed by atoms with Crippen molar-refractivity contribution in [3.05, 3.63) is 71.1 Å². The van der Waals surface area contributed by atoms with Gasteiger partial charge in [-0.05, 0) is 42.8 Å². The van der Waals surface area contributed by atoms with Gasteiger partial charge in [0.05, 0.1) is 17.2 Å². The molecule has 0 spiro atoms. The van der Waals surface area contributed by atoms with Crippen molar-refractivity contribution in [3.63, 3.8) is 0 Å². The molecule has 1 heterocycles. The normalized spacial score (nSPS) is 11.1. The second kappa shape index (κ2) is 8.59. The Bertz CT molecular complexity index is 1130. The van der Waals surface area contributed by atoms with Gasteiger partial charge in [0.25, 0.3) is 5.91 Å². The van der Waals surface area contributed by atoms with Crippen molar-refractivity contribution in [2.75, 3.05) is 18.2 Å². The third-order valence-electron chi connectivity index (χ3n) is 4.04. The fourth-order valence-corrected chi connectivity index (χ4v) is 4.27. The van der Waals surface area contributed by atoms with Gasteiger partial charge in [0.1, 0.15) is 4.88 Å². The predicted molar refractivity (Wildman–Crippen MR) is 113 cm³/mol. The van der Waals surface area contributed by atoms with E-state index in [4.69, 9.17) is 4.74 Å². The second-order valence-electron chi connectivity index (χ2n) is 6.19. The van der Waals surface area contributed by atoms with Crippen LogP contribution in [-0.2, 0) is 14.6 Å². The third-order valence-corrected chi connectivity index (χ3v) is 6.34. The van der Waals surface area contributed by atoms with Crippen LogP contribution >= 0.6 is 11.3 Å². The van der Waals surface area contributed by atoms with E-state index in [-0.39, 0.29) is 17.1 Å². The Morgan fingerprint density at radius 3 is 2.28 bits per heavy atom. The highest BCUT2D eigenvalue weighted by atomic mass is 32.2. The van der Waals surface area contributed by atoms with Crippen molar-refractivity contribution in [1.29, 1.82) is 0 Å². The Morgan fingerprint density at radius 2 is 1.69 bits per heavy atom. The molecule has 2 aromatic carbocycles. The van der Waals surface area contributed by atoms with E-state index in [1.54, 1.807) is 13.0 Å². The molecule has 150 valence electrons. The van der Waals surface area contributed by atoms with E-state index in [0.29, 0.717) is 10.6 Å². The SMILES string of the molecule is CCOC(=O)c1sc(-c2ccccc2)cc1NC(=O)c1ccc(S(C)(=O)=O)cc1. The highest BCUT2D eigenvalue weighted by Crippen LogP contribution is 2.35. The van der Waals surface area contributed by atoms with Crippen LogP contribution in [0.4, 0.5) is 5.69 Å². The summed E-state index contributed by atoms with van der Waals surface area (Å²) in [5, 5.41) is 2.74. The molecule has 8 heteroatoms. The summed E-state index contributed by atoms with van der Waals surface area (Å²) in [5.41, 5.74) is 1.55. The zero-order valence-corrected chi connectivity index (χ0v) is 17.5. The lowest BCUT2D eigenvalue weighted by Gasteiger charge is -2.07. The van der Waals surface area contributed by atoms with Crippen molar-refractivity contribution >= 4 is 38.7 Å². The summed E-state index contributed by atoms with van der Waals surface area (Å²) in [6.45, 7) is 1.93. The average molecular weight is 430 g/mol. The Hall–Kier alpha value is -2.97. The van der Waals surface area contributed by atoms with Crippen LogP contribution in [0, 0.1) is 0 Å². The number of anilines is 1. The van der Waals surface area contributed by atoms with Gasteiger partial charge < -0.3 is 10.1 Å². The van der Waals surface area contributed by atoms with E-state index in [1.165, 1.54) is 35.6 Å². The number of benzene rings is 2. The Labute approximate surface area is 173 Å². The van der Waals surface area contributed by atoms with Crippen LogP contribution in [0.3, 0.4) is 0 Å².